The molecule has 0 atom stereocenters. The van der Waals surface area contributed by atoms with Gasteiger partial charge in [0.15, 0.2) is 11.5 Å². The van der Waals surface area contributed by atoms with E-state index in [9.17, 15) is 0 Å². The van der Waals surface area contributed by atoms with E-state index in [-0.39, 0.29) is 12.4 Å². The smallest absolute Gasteiger partial charge is 0.161 e. The second-order valence-electron chi connectivity index (χ2n) is 6.02. The molecule has 0 saturated carbocycles. The topological polar surface area (TPSA) is 43.4 Å². The maximum Gasteiger partial charge on any atom is 0.161 e. The zero-order chi connectivity index (χ0) is 18.9. The number of hydrogen-bond donors (Lipinski definition) is 1. The third-order valence-electron chi connectivity index (χ3n) is 4.01. The van der Waals surface area contributed by atoms with Crippen molar-refractivity contribution in [2.45, 2.75) is 26.6 Å². The van der Waals surface area contributed by atoms with Crippen LogP contribution in [0.3, 0.4) is 0 Å². The summed E-state index contributed by atoms with van der Waals surface area (Å²) in [5.41, 5.74) is 3.09. The van der Waals surface area contributed by atoms with Crippen LogP contribution in [-0.2, 0) is 19.7 Å². The lowest BCUT2D eigenvalue weighted by Crippen LogP contribution is -3.00. The Morgan fingerprint density at radius 3 is 2.50 bits per heavy atom. The molecule has 0 amide bonds. The number of benzene rings is 2. The number of halogens is 2. The molecule has 0 bridgehead atoms. The van der Waals surface area contributed by atoms with E-state index in [0.717, 1.165) is 35.7 Å². The Morgan fingerprint density at radius 2 is 1.75 bits per heavy atom. The molecule has 2 aromatic carbocycles. The van der Waals surface area contributed by atoms with Crippen LogP contribution in [0.25, 0.3) is 0 Å². The fourth-order valence-corrected chi connectivity index (χ4v) is 2.85. The summed E-state index contributed by atoms with van der Waals surface area (Å²) in [6.07, 6.45) is 1.80. The fraction of sp³-hybridized carbons (Fsp3) is 0.227. The van der Waals surface area contributed by atoms with Crippen molar-refractivity contribution in [1.82, 2.24) is 10.3 Å². The maximum atomic E-state index is 6.20. The van der Waals surface area contributed by atoms with Gasteiger partial charge in [0.25, 0.3) is 0 Å². The molecule has 0 aliphatic rings. The van der Waals surface area contributed by atoms with Crippen molar-refractivity contribution in [2.24, 2.45) is 0 Å². The van der Waals surface area contributed by atoms with Gasteiger partial charge in [0.1, 0.15) is 6.61 Å². The predicted octanol–water partition coefficient (Wildman–Crippen LogP) is 2.01. The molecule has 0 fully saturated rings. The average Bonchev–Trinajstić information content (AvgIpc) is 2.69. The Hall–Kier alpha value is -2.27. The van der Waals surface area contributed by atoms with Gasteiger partial charge in [-0.15, -0.1) is 0 Å². The SMILES string of the molecule is CCOc1cc(CNCc2ccccn2)ccc1OCc1ccccc1Cl.[Cl-]. The Kier molecular flexibility index (Phi) is 9.08. The lowest BCUT2D eigenvalue weighted by atomic mass is 10.2. The third kappa shape index (κ3) is 6.41. The van der Waals surface area contributed by atoms with Crippen molar-refractivity contribution in [2.75, 3.05) is 6.61 Å². The second kappa shape index (κ2) is 11.5. The largest absolute Gasteiger partial charge is 1.00 e. The monoisotopic (exact) mass is 417 g/mol. The minimum atomic E-state index is 0. The van der Waals surface area contributed by atoms with Crippen molar-refractivity contribution in [3.8, 4) is 11.5 Å². The molecule has 4 nitrogen and oxygen atoms in total. The van der Waals surface area contributed by atoms with E-state index in [0.29, 0.717) is 24.0 Å². The van der Waals surface area contributed by atoms with E-state index in [1.807, 2.05) is 67.6 Å². The Morgan fingerprint density at radius 1 is 0.929 bits per heavy atom. The molecule has 0 radical (unpaired) electrons. The number of aromatic nitrogens is 1. The van der Waals surface area contributed by atoms with E-state index >= 15 is 0 Å². The van der Waals surface area contributed by atoms with Crippen molar-refractivity contribution >= 4 is 11.6 Å². The van der Waals surface area contributed by atoms with E-state index in [2.05, 4.69) is 10.3 Å². The minimum Gasteiger partial charge on any atom is -1.00 e. The summed E-state index contributed by atoms with van der Waals surface area (Å²) in [7, 11) is 0. The highest BCUT2D eigenvalue weighted by Gasteiger charge is 2.08. The molecule has 6 heteroatoms. The van der Waals surface area contributed by atoms with Gasteiger partial charge in [0, 0.05) is 29.9 Å². The molecule has 3 aromatic rings. The maximum absolute atomic E-state index is 6.20. The highest BCUT2D eigenvalue weighted by atomic mass is 35.5. The Balaban J connectivity index is 0.00000280. The molecule has 1 aromatic heterocycles. The van der Waals surface area contributed by atoms with Crippen LogP contribution >= 0.6 is 11.6 Å². The third-order valence-corrected chi connectivity index (χ3v) is 4.38. The summed E-state index contributed by atoms with van der Waals surface area (Å²) in [5, 5.41) is 4.10. The number of rotatable bonds is 9. The number of ether oxygens (including phenoxy) is 2. The summed E-state index contributed by atoms with van der Waals surface area (Å²) in [6, 6.07) is 19.6. The van der Waals surface area contributed by atoms with Gasteiger partial charge in [-0.1, -0.05) is 41.9 Å². The van der Waals surface area contributed by atoms with Crippen molar-refractivity contribution in [1.29, 1.82) is 0 Å². The van der Waals surface area contributed by atoms with Crippen LogP contribution in [0.4, 0.5) is 0 Å². The van der Waals surface area contributed by atoms with Crippen LogP contribution in [0.1, 0.15) is 23.7 Å². The van der Waals surface area contributed by atoms with Crippen molar-refractivity contribution < 1.29 is 21.9 Å². The molecule has 1 N–H and O–H groups in total. The molecule has 0 unspecified atom stereocenters. The fourth-order valence-electron chi connectivity index (χ4n) is 2.66. The molecule has 0 spiro atoms. The first-order valence-corrected chi connectivity index (χ1v) is 9.36. The number of nitrogens with one attached hydrogen (secondary N) is 1. The molecule has 0 aliphatic heterocycles. The van der Waals surface area contributed by atoms with Gasteiger partial charge in [-0.05, 0) is 42.8 Å². The van der Waals surface area contributed by atoms with Gasteiger partial charge in [-0.3, -0.25) is 4.98 Å². The summed E-state index contributed by atoms with van der Waals surface area (Å²) in [6.45, 7) is 4.38. The highest BCUT2D eigenvalue weighted by molar-refractivity contribution is 6.31. The van der Waals surface area contributed by atoms with Crippen molar-refractivity contribution in [3.05, 3.63) is 88.7 Å². The first-order valence-electron chi connectivity index (χ1n) is 8.99. The molecule has 0 aliphatic carbocycles. The zero-order valence-corrected chi connectivity index (χ0v) is 17.2. The molecular weight excluding hydrogens is 395 g/mol. The van der Waals surface area contributed by atoms with E-state index < -0.39 is 0 Å². The molecular formula is C22H23Cl2N2O2-. The molecule has 0 saturated heterocycles. The number of nitrogens with zero attached hydrogens (tertiary/aromatic N) is 1. The average molecular weight is 418 g/mol. The van der Waals surface area contributed by atoms with E-state index in [4.69, 9.17) is 21.1 Å². The molecule has 3 rings (SSSR count). The summed E-state index contributed by atoms with van der Waals surface area (Å²) < 4.78 is 11.7. The van der Waals surface area contributed by atoms with Gasteiger partial charge in [-0.25, -0.2) is 0 Å². The minimum absolute atomic E-state index is 0. The van der Waals surface area contributed by atoms with Gasteiger partial charge in [0.05, 0.1) is 12.3 Å². The first kappa shape index (κ1) is 22.0. The van der Waals surface area contributed by atoms with Crippen LogP contribution < -0.4 is 27.2 Å². The number of pyridine rings is 1. The molecule has 1 heterocycles. The van der Waals surface area contributed by atoms with Crippen LogP contribution in [0, 0.1) is 0 Å². The van der Waals surface area contributed by atoms with Crippen LogP contribution in [0.5, 0.6) is 11.5 Å². The van der Waals surface area contributed by atoms with Gasteiger partial charge in [0.2, 0.25) is 0 Å². The quantitative estimate of drug-likeness (QED) is 0.578. The van der Waals surface area contributed by atoms with Crippen LogP contribution in [-0.4, -0.2) is 11.6 Å². The van der Waals surface area contributed by atoms with Gasteiger partial charge >= 0.3 is 0 Å². The summed E-state index contributed by atoms with van der Waals surface area (Å²) in [4.78, 5) is 4.31. The Labute approximate surface area is 177 Å². The predicted molar refractivity (Wildman–Crippen MR) is 108 cm³/mol. The second-order valence-corrected chi connectivity index (χ2v) is 6.43. The number of hydrogen-bond acceptors (Lipinski definition) is 4. The summed E-state index contributed by atoms with van der Waals surface area (Å²) >= 11 is 6.20. The van der Waals surface area contributed by atoms with Crippen molar-refractivity contribution in [3.63, 3.8) is 0 Å². The highest BCUT2D eigenvalue weighted by Crippen LogP contribution is 2.30. The van der Waals surface area contributed by atoms with Gasteiger partial charge < -0.3 is 27.2 Å². The molecule has 148 valence electrons. The zero-order valence-electron chi connectivity index (χ0n) is 15.7. The van der Waals surface area contributed by atoms with E-state index in [1.165, 1.54) is 0 Å². The first-order chi connectivity index (χ1) is 13.3. The van der Waals surface area contributed by atoms with E-state index in [1.54, 1.807) is 6.20 Å². The lowest BCUT2D eigenvalue weighted by molar-refractivity contribution is -0.00000626. The standard InChI is InChI=1S/C22H23ClN2O2.ClH/c1-2-26-22-13-17(14-24-15-19-8-5-6-12-25-19)10-11-21(22)27-16-18-7-3-4-9-20(18)23;/h3-13,24H,2,14-16H2,1H3;1H/p-1. The van der Waals surface area contributed by atoms with Gasteiger partial charge in [-0.2, -0.15) is 0 Å². The normalized spacial score (nSPS) is 10.2. The summed E-state index contributed by atoms with van der Waals surface area (Å²) in [5.74, 6) is 1.45. The lowest BCUT2D eigenvalue weighted by Gasteiger charge is -2.14. The van der Waals surface area contributed by atoms with Crippen LogP contribution in [0.15, 0.2) is 66.9 Å². The molecule has 28 heavy (non-hydrogen) atoms. The Bertz CT molecular complexity index is 860. The van der Waals surface area contributed by atoms with Crippen LogP contribution in [0.2, 0.25) is 5.02 Å².